The van der Waals surface area contributed by atoms with Crippen molar-refractivity contribution >= 4 is 16.2 Å². The van der Waals surface area contributed by atoms with Gasteiger partial charge >= 0.3 is 0 Å². The maximum atomic E-state index is 14.5. The molecule has 4 rings (SSSR count). The summed E-state index contributed by atoms with van der Waals surface area (Å²) < 4.78 is 74.0. The fraction of sp³-hybridized carbons (Fsp3) is 0.190. The molecular formula is C21H17F3N2O3S. The minimum Gasteiger partial charge on any atom is -0.282 e. The second-order valence-corrected chi connectivity index (χ2v) is 8.45. The first kappa shape index (κ1) is 20.4. The summed E-state index contributed by atoms with van der Waals surface area (Å²) >= 11 is 0. The van der Waals surface area contributed by atoms with Crippen LogP contribution < -0.4 is 0 Å². The topological polar surface area (TPSA) is 72.2 Å². The summed E-state index contributed by atoms with van der Waals surface area (Å²) in [5.74, 6) is -2.04. The van der Waals surface area contributed by atoms with Crippen molar-refractivity contribution in [1.29, 1.82) is 0 Å². The van der Waals surface area contributed by atoms with Gasteiger partial charge in [0.1, 0.15) is 17.3 Å². The maximum absolute atomic E-state index is 14.5. The van der Waals surface area contributed by atoms with E-state index < -0.39 is 21.8 Å². The summed E-state index contributed by atoms with van der Waals surface area (Å²) in [6.45, 7) is 0. The quantitative estimate of drug-likeness (QED) is 0.604. The lowest BCUT2D eigenvalue weighted by Gasteiger charge is -2.15. The van der Waals surface area contributed by atoms with Gasteiger partial charge in [-0.1, -0.05) is 12.1 Å². The van der Waals surface area contributed by atoms with Crippen molar-refractivity contribution < 1.29 is 26.1 Å². The van der Waals surface area contributed by atoms with Crippen LogP contribution in [-0.2, 0) is 23.0 Å². The molecule has 156 valence electrons. The highest BCUT2D eigenvalue weighted by Crippen LogP contribution is 2.39. The lowest BCUT2D eigenvalue weighted by atomic mass is 9.97. The molecule has 0 spiro atoms. The first-order chi connectivity index (χ1) is 14.2. The number of rotatable bonds is 5. The molecule has 2 aromatic carbocycles. The fourth-order valence-corrected chi connectivity index (χ4v) is 4.18. The van der Waals surface area contributed by atoms with Crippen LogP contribution >= 0.6 is 0 Å². The van der Waals surface area contributed by atoms with Crippen LogP contribution in [0.15, 0.2) is 47.9 Å². The zero-order valence-electron chi connectivity index (χ0n) is 15.6. The Labute approximate surface area is 171 Å². The number of nitrogens with zero attached hydrogens (tertiary/aromatic N) is 2. The summed E-state index contributed by atoms with van der Waals surface area (Å²) in [7, 11) is -4.37. The lowest BCUT2D eigenvalue weighted by molar-refractivity contribution is 0.494. The highest BCUT2D eigenvalue weighted by molar-refractivity contribution is 7.88. The Balaban J connectivity index is 1.82. The van der Waals surface area contributed by atoms with Crippen LogP contribution in [0.2, 0.25) is 0 Å². The first-order valence-corrected chi connectivity index (χ1v) is 10.7. The van der Waals surface area contributed by atoms with Crippen molar-refractivity contribution in [2.45, 2.75) is 25.2 Å². The van der Waals surface area contributed by atoms with Crippen LogP contribution in [0.4, 0.5) is 13.2 Å². The standard InChI is InChI=1S/C21H17F3N2O3S/c22-15-3-1-2-13(11-15)10-14-4-6-17-19(8-9-30(27,28)29)25-26(21(14)17)20-7-5-16(23)12-18(20)24/h1-3,5,7-9,11-12,14H,4,6,10H2,(H,27,28,29)/b9-8+. The SMILES string of the molecule is O=S(=O)(O)/C=C/c1nn(-c2ccc(F)cc2F)c2c1CCC2Cc1cccc(F)c1. The summed E-state index contributed by atoms with van der Waals surface area (Å²) in [5.41, 5.74) is 2.41. The summed E-state index contributed by atoms with van der Waals surface area (Å²) in [4.78, 5) is 0. The smallest absolute Gasteiger partial charge is 0.282 e. The van der Waals surface area contributed by atoms with Crippen molar-refractivity contribution in [3.8, 4) is 5.69 Å². The van der Waals surface area contributed by atoms with E-state index in [-0.39, 0.29) is 23.1 Å². The second-order valence-electron chi connectivity index (χ2n) is 7.14. The molecule has 3 aromatic rings. The van der Waals surface area contributed by atoms with Gasteiger partial charge in [0.15, 0.2) is 5.82 Å². The molecule has 30 heavy (non-hydrogen) atoms. The normalized spacial score (nSPS) is 16.3. The molecule has 5 nitrogen and oxygen atoms in total. The van der Waals surface area contributed by atoms with Gasteiger partial charge in [-0.25, -0.2) is 17.9 Å². The maximum Gasteiger partial charge on any atom is 0.287 e. The minimum absolute atomic E-state index is 0.0188. The molecule has 9 heteroatoms. The number of aromatic nitrogens is 2. The van der Waals surface area contributed by atoms with Crippen molar-refractivity contribution in [3.63, 3.8) is 0 Å². The zero-order valence-corrected chi connectivity index (χ0v) is 16.4. The van der Waals surface area contributed by atoms with E-state index in [1.807, 2.05) is 0 Å². The summed E-state index contributed by atoms with van der Waals surface area (Å²) in [6, 6.07) is 9.28. The van der Waals surface area contributed by atoms with Gasteiger partial charge in [0.25, 0.3) is 10.1 Å². The van der Waals surface area contributed by atoms with E-state index in [0.717, 1.165) is 23.8 Å². The largest absolute Gasteiger partial charge is 0.287 e. The molecule has 1 aliphatic carbocycles. The van der Waals surface area contributed by atoms with E-state index in [9.17, 15) is 21.6 Å². The molecule has 1 heterocycles. The lowest BCUT2D eigenvalue weighted by Crippen LogP contribution is -2.10. The van der Waals surface area contributed by atoms with E-state index in [4.69, 9.17) is 4.55 Å². The number of hydrogen-bond donors (Lipinski definition) is 1. The first-order valence-electron chi connectivity index (χ1n) is 9.18. The van der Waals surface area contributed by atoms with Crippen LogP contribution in [0.5, 0.6) is 0 Å². The molecule has 0 aliphatic heterocycles. The Morgan fingerprint density at radius 2 is 1.90 bits per heavy atom. The fourth-order valence-electron chi connectivity index (χ4n) is 3.88. The average Bonchev–Trinajstić information content (AvgIpc) is 3.21. The van der Waals surface area contributed by atoms with Crippen LogP contribution in [0.1, 0.15) is 34.9 Å². The Morgan fingerprint density at radius 3 is 2.60 bits per heavy atom. The number of hydrogen-bond acceptors (Lipinski definition) is 3. The predicted octanol–water partition coefficient (Wildman–Crippen LogP) is 4.42. The van der Waals surface area contributed by atoms with Crippen molar-refractivity contribution in [2.24, 2.45) is 0 Å². The predicted molar refractivity (Wildman–Crippen MR) is 105 cm³/mol. The van der Waals surface area contributed by atoms with E-state index in [0.29, 0.717) is 35.9 Å². The molecule has 0 fully saturated rings. The van der Waals surface area contributed by atoms with Gasteiger partial charge in [0, 0.05) is 17.5 Å². The van der Waals surface area contributed by atoms with Gasteiger partial charge in [-0.05, 0) is 55.2 Å². The third-order valence-corrected chi connectivity index (χ3v) is 5.57. The molecule has 1 atom stereocenters. The average molecular weight is 434 g/mol. The van der Waals surface area contributed by atoms with E-state index in [2.05, 4.69) is 5.10 Å². The monoisotopic (exact) mass is 434 g/mol. The van der Waals surface area contributed by atoms with Crippen LogP contribution in [0.3, 0.4) is 0 Å². The molecule has 1 unspecified atom stereocenters. The number of benzene rings is 2. The van der Waals surface area contributed by atoms with Crippen LogP contribution in [0.25, 0.3) is 11.8 Å². The molecule has 1 aliphatic rings. The third kappa shape index (κ3) is 4.17. The Kier molecular flexibility index (Phi) is 5.25. The van der Waals surface area contributed by atoms with Crippen molar-refractivity contribution in [3.05, 3.63) is 87.8 Å². The van der Waals surface area contributed by atoms with Crippen LogP contribution in [0, 0.1) is 17.5 Å². The Morgan fingerprint density at radius 1 is 1.13 bits per heavy atom. The van der Waals surface area contributed by atoms with Crippen molar-refractivity contribution in [1.82, 2.24) is 9.78 Å². The molecule has 0 bridgehead atoms. The molecule has 0 saturated carbocycles. The Bertz CT molecular complexity index is 1250. The van der Waals surface area contributed by atoms with Crippen LogP contribution in [-0.4, -0.2) is 22.8 Å². The highest BCUT2D eigenvalue weighted by atomic mass is 32.2. The molecular weight excluding hydrogens is 417 g/mol. The van der Waals surface area contributed by atoms with E-state index in [1.165, 1.54) is 22.9 Å². The van der Waals surface area contributed by atoms with Gasteiger partial charge in [0.05, 0.1) is 16.8 Å². The molecule has 0 amide bonds. The number of halogens is 3. The van der Waals surface area contributed by atoms with Gasteiger partial charge in [0.2, 0.25) is 0 Å². The highest BCUT2D eigenvalue weighted by Gasteiger charge is 2.31. The zero-order chi connectivity index (χ0) is 21.5. The van der Waals surface area contributed by atoms with Gasteiger partial charge in [-0.15, -0.1) is 0 Å². The minimum atomic E-state index is -4.37. The third-order valence-electron chi connectivity index (χ3n) is 5.09. The van der Waals surface area contributed by atoms with Gasteiger partial charge in [-0.3, -0.25) is 4.55 Å². The summed E-state index contributed by atoms with van der Waals surface area (Å²) in [6.07, 6.45) is 2.83. The molecule has 1 aromatic heterocycles. The molecule has 0 saturated heterocycles. The second kappa shape index (κ2) is 7.73. The molecule has 0 radical (unpaired) electrons. The number of fused-ring (bicyclic) bond motifs is 1. The summed E-state index contributed by atoms with van der Waals surface area (Å²) in [5, 5.41) is 4.93. The molecule has 1 N–H and O–H groups in total. The van der Waals surface area contributed by atoms with E-state index in [1.54, 1.807) is 12.1 Å². The Hall–Kier alpha value is -2.91. The van der Waals surface area contributed by atoms with E-state index >= 15 is 0 Å². The van der Waals surface area contributed by atoms with Gasteiger partial charge in [-0.2, -0.15) is 13.5 Å². The van der Waals surface area contributed by atoms with Crippen molar-refractivity contribution in [2.75, 3.05) is 0 Å². The van der Waals surface area contributed by atoms with Gasteiger partial charge < -0.3 is 0 Å².